The Morgan fingerprint density at radius 2 is 1.53 bits per heavy atom. The molecule has 2 amide bonds. The molecular formula is C30H32FN3O2. The van der Waals surface area contributed by atoms with E-state index >= 15 is 0 Å². The Bertz CT molecular complexity index is 1220. The Balaban J connectivity index is 1.34. The summed E-state index contributed by atoms with van der Waals surface area (Å²) in [6.45, 7) is 3.28. The van der Waals surface area contributed by atoms with Crippen molar-refractivity contribution < 1.29 is 14.0 Å². The van der Waals surface area contributed by atoms with Gasteiger partial charge in [0.25, 0.3) is 11.8 Å². The van der Waals surface area contributed by atoms with E-state index in [1.165, 1.54) is 17.7 Å². The third-order valence-electron chi connectivity index (χ3n) is 7.32. The molecule has 5 nitrogen and oxygen atoms in total. The third-order valence-corrected chi connectivity index (χ3v) is 7.32. The van der Waals surface area contributed by atoms with Gasteiger partial charge in [-0.1, -0.05) is 42.5 Å². The number of amides is 2. The first-order valence-corrected chi connectivity index (χ1v) is 12.9. The van der Waals surface area contributed by atoms with Gasteiger partial charge in [0.2, 0.25) is 0 Å². The van der Waals surface area contributed by atoms with Crippen LogP contribution >= 0.6 is 0 Å². The predicted molar refractivity (Wildman–Crippen MR) is 141 cm³/mol. The Morgan fingerprint density at radius 3 is 2.25 bits per heavy atom. The topological polar surface area (TPSA) is 52.7 Å². The average molecular weight is 486 g/mol. The lowest BCUT2D eigenvalue weighted by Gasteiger charge is -2.35. The molecule has 2 fully saturated rings. The molecular weight excluding hydrogens is 453 g/mol. The zero-order chi connectivity index (χ0) is 24.9. The number of nitrogens with zero attached hydrogens (tertiary/aromatic N) is 2. The molecule has 2 saturated heterocycles. The molecule has 0 aromatic heterocycles. The van der Waals surface area contributed by atoms with Crippen molar-refractivity contribution in [1.29, 1.82) is 0 Å². The minimum Gasteiger partial charge on any atom is -0.371 e. The van der Waals surface area contributed by atoms with Gasteiger partial charge in [-0.15, -0.1) is 0 Å². The zero-order valence-corrected chi connectivity index (χ0v) is 20.5. The van der Waals surface area contributed by atoms with E-state index in [1.54, 1.807) is 18.2 Å². The molecule has 5 rings (SSSR count). The number of carbonyl (C=O) groups excluding carboxylic acids is 2. The number of carbonyl (C=O) groups is 2. The second-order valence-electron chi connectivity index (χ2n) is 9.79. The first kappa shape index (κ1) is 24.0. The van der Waals surface area contributed by atoms with E-state index < -0.39 is 11.7 Å². The summed E-state index contributed by atoms with van der Waals surface area (Å²) >= 11 is 0. The Labute approximate surface area is 211 Å². The van der Waals surface area contributed by atoms with E-state index in [4.69, 9.17) is 0 Å². The summed E-state index contributed by atoms with van der Waals surface area (Å²) < 4.78 is 14.1. The van der Waals surface area contributed by atoms with Crippen molar-refractivity contribution in [3.05, 3.63) is 95.3 Å². The summed E-state index contributed by atoms with van der Waals surface area (Å²) in [5.74, 6) is -0.475. The van der Waals surface area contributed by atoms with Crippen LogP contribution in [-0.4, -0.2) is 42.9 Å². The molecule has 0 unspecified atom stereocenters. The van der Waals surface area contributed by atoms with Crippen LogP contribution in [0, 0.1) is 11.7 Å². The molecule has 0 aliphatic carbocycles. The number of rotatable bonds is 6. The van der Waals surface area contributed by atoms with Crippen molar-refractivity contribution in [3.8, 4) is 0 Å². The Hall–Kier alpha value is -3.67. The Kier molecular flexibility index (Phi) is 7.31. The van der Waals surface area contributed by atoms with Gasteiger partial charge in [-0.3, -0.25) is 9.59 Å². The van der Waals surface area contributed by atoms with E-state index in [9.17, 15) is 14.0 Å². The van der Waals surface area contributed by atoms with E-state index in [2.05, 4.69) is 34.5 Å². The second kappa shape index (κ2) is 10.9. The van der Waals surface area contributed by atoms with Crippen molar-refractivity contribution in [3.63, 3.8) is 0 Å². The van der Waals surface area contributed by atoms with Gasteiger partial charge in [-0.05, 0) is 73.9 Å². The second-order valence-corrected chi connectivity index (χ2v) is 9.79. The van der Waals surface area contributed by atoms with E-state index in [1.807, 2.05) is 23.1 Å². The van der Waals surface area contributed by atoms with Crippen LogP contribution in [0.3, 0.4) is 0 Å². The molecule has 0 saturated carbocycles. The maximum absolute atomic E-state index is 14.1. The first-order valence-electron chi connectivity index (χ1n) is 12.9. The van der Waals surface area contributed by atoms with Crippen LogP contribution in [0.4, 0.5) is 15.8 Å². The number of anilines is 2. The molecule has 3 aromatic carbocycles. The normalized spacial score (nSPS) is 16.2. The van der Waals surface area contributed by atoms with Crippen LogP contribution in [0.25, 0.3) is 0 Å². The Morgan fingerprint density at radius 1 is 0.833 bits per heavy atom. The maximum Gasteiger partial charge on any atom is 0.258 e. The molecule has 2 aliphatic rings. The molecule has 0 bridgehead atoms. The predicted octanol–water partition coefficient (Wildman–Crippen LogP) is 5.77. The lowest BCUT2D eigenvalue weighted by atomic mass is 9.89. The minimum absolute atomic E-state index is 0.00380. The van der Waals surface area contributed by atoms with Crippen molar-refractivity contribution in [2.24, 2.45) is 5.92 Å². The van der Waals surface area contributed by atoms with Crippen LogP contribution in [0.1, 0.15) is 52.0 Å². The number of benzene rings is 3. The fraction of sp³-hybridized carbons (Fsp3) is 0.333. The SMILES string of the molecule is O=C(Nc1ccc(N2CCC(Cc3ccccc3)CC2)c(C(=O)N2CCCC2)c1)c1ccccc1F. The molecule has 6 heteroatoms. The number of hydrogen-bond donors (Lipinski definition) is 1. The van der Waals surface area contributed by atoms with Crippen LogP contribution < -0.4 is 10.2 Å². The van der Waals surface area contributed by atoms with Crippen molar-refractivity contribution in [2.75, 3.05) is 36.4 Å². The minimum atomic E-state index is -0.571. The van der Waals surface area contributed by atoms with Crippen LogP contribution in [0.15, 0.2) is 72.8 Å². The van der Waals surface area contributed by atoms with Gasteiger partial charge in [0.05, 0.1) is 11.1 Å². The first-order chi connectivity index (χ1) is 17.6. The number of halogens is 1. The molecule has 2 heterocycles. The summed E-state index contributed by atoms with van der Waals surface area (Å²) in [6.07, 6.45) is 5.23. The highest BCUT2D eigenvalue weighted by atomic mass is 19.1. The molecule has 36 heavy (non-hydrogen) atoms. The van der Waals surface area contributed by atoms with Crippen molar-refractivity contribution >= 4 is 23.2 Å². The van der Waals surface area contributed by atoms with Gasteiger partial charge in [0.15, 0.2) is 0 Å². The smallest absolute Gasteiger partial charge is 0.258 e. The highest BCUT2D eigenvalue weighted by molar-refractivity contribution is 6.06. The monoisotopic (exact) mass is 485 g/mol. The highest BCUT2D eigenvalue weighted by Crippen LogP contribution is 2.31. The standard InChI is InChI=1S/C30H32FN3O2/c31-27-11-5-4-10-25(27)29(35)32-24-12-13-28(26(21-24)30(36)34-16-6-7-17-34)33-18-14-23(15-19-33)20-22-8-2-1-3-9-22/h1-5,8-13,21,23H,6-7,14-20H2,(H,32,35). The number of hydrogen-bond acceptors (Lipinski definition) is 3. The summed E-state index contributed by atoms with van der Waals surface area (Å²) in [5.41, 5.74) is 3.36. The van der Waals surface area contributed by atoms with Gasteiger partial charge < -0.3 is 15.1 Å². The van der Waals surface area contributed by atoms with Gasteiger partial charge in [-0.2, -0.15) is 0 Å². The average Bonchev–Trinajstić information content (AvgIpc) is 3.45. The largest absolute Gasteiger partial charge is 0.371 e. The molecule has 0 atom stereocenters. The molecule has 3 aromatic rings. The zero-order valence-electron chi connectivity index (χ0n) is 20.5. The highest BCUT2D eigenvalue weighted by Gasteiger charge is 2.27. The van der Waals surface area contributed by atoms with Crippen LogP contribution in [-0.2, 0) is 6.42 Å². The number of piperidine rings is 1. The quantitative estimate of drug-likeness (QED) is 0.482. The lowest BCUT2D eigenvalue weighted by molar-refractivity contribution is 0.0793. The van der Waals surface area contributed by atoms with Crippen LogP contribution in [0.2, 0.25) is 0 Å². The molecule has 2 aliphatic heterocycles. The maximum atomic E-state index is 14.1. The van der Waals surface area contributed by atoms with E-state index in [0.717, 1.165) is 64.0 Å². The van der Waals surface area contributed by atoms with Crippen molar-refractivity contribution in [2.45, 2.75) is 32.1 Å². The summed E-state index contributed by atoms with van der Waals surface area (Å²) in [5, 5.41) is 2.78. The fourth-order valence-corrected chi connectivity index (χ4v) is 5.32. The van der Waals surface area contributed by atoms with Gasteiger partial charge in [-0.25, -0.2) is 4.39 Å². The van der Waals surface area contributed by atoms with Crippen LogP contribution in [0.5, 0.6) is 0 Å². The van der Waals surface area contributed by atoms with Gasteiger partial charge >= 0.3 is 0 Å². The van der Waals surface area contributed by atoms with E-state index in [0.29, 0.717) is 17.2 Å². The molecule has 0 spiro atoms. The number of likely N-dealkylation sites (tertiary alicyclic amines) is 1. The van der Waals surface area contributed by atoms with Gasteiger partial charge in [0.1, 0.15) is 5.82 Å². The summed E-state index contributed by atoms with van der Waals surface area (Å²) in [7, 11) is 0. The molecule has 0 radical (unpaired) electrons. The lowest BCUT2D eigenvalue weighted by Crippen LogP contribution is -2.36. The fourth-order valence-electron chi connectivity index (χ4n) is 5.32. The van der Waals surface area contributed by atoms with E-state index in [-0.39, 0.29) is 11.5 Å². The third kappa shape index (κ3) is 5.43. The van der Waals surface area contributed by atoms with Crippen molar-refractivity contribution in [1.82, 2.24) is 4.90 Å². The summed E-state index contributed by atoms with van der Waals surface area (Å²) in [4.78, 5) is 30.4. The molecule has 1 N–H and O–H groups in total. The number of nitrogens with one attached hydrogen (secondary N) is 1. The summed E-state index contributed by atoms with van der Waals surface area (Å²) in [6, 6.07) is 22.0. The molecule has 186 valence electrons. The van der Waals surface area contributed by atoms with Gasteiger partial charge in [0, 0.05) is 37.6 Å².